The second-order valence-corrected chi connectivity index (χ2v) is 8.52. The van der Waals surface area contributed by atoms with Crippen molar-refractivity contribution < 1.29 is 14.0 Å². The predicted octanol–water partition coefficient (Wildman–Crippen LogP) is 3.86. The summed E-state index contributed by atoms with van der Waals surface area (Å²) in [5.74, 6) is 0.261. The molecule has 0 spiro atoms. The van der Waals surface area contributed by atoms with Crippen LogP contribution in [-0.4, -0.2) is 35.3 Å². The van der Waals surface area contributed by atoms with Crippen molar-refractivity contribution in [3.05, 3.63) is 83.3 Å². The van der Waals surface area contributed by atoms with Gasteiger partial charge in [-0.3, -0.25) is 14.6 Å². The molecule has 2 aromatic carbocycles. The zero-order valence-corrected chi connectivity index (χ0v) is 18.2. The molecule has 3 heterocycles. The molecule has 0 radical (unpaired) electrons. The lowest BCUT2D eigenvalue weighted by atomic mass is 9.96. The largest absolute Gasteiger partial charge is 0.351 e. The van der Waals surface area contributed by atoms with Gasteiger partial charge in [-0.1, -0.05) is 24.3 Å². The average molecular weight is 445 g/mol. The number of rotatable bonds is 3. The number of hydrogen-bond acceptors (Lipinski definition) is 3. The highest BCUT2D eigenvalue weighted by Gasteiger charge is 2.19. The Bertz CT molecular complexity index is 1270. The van der Waals surface area contributed by atoms with Gasteiger partial charge >= 0.3 is 0 Å². The Morgan fingerprint density at radius 1 is 1.18 bits per heavy atom. The van der Waals surface area contributed by atoms with Crippen LogP contribution < -0.4 is 10.6 Å². The van der Waals surface area contributed by atoms with Gasteiger partial charge in [0.2, 0.25) is 0 Å². The number of hydrogen-bond donors (Lipinski definition) is 2. The third-order valence-electron chi connectivity index (χ3n) is 6.20. The minimum atomic E-state index is -0.235. The van der Waals surface area contributed by atoms with Crippen LogP contribution in [0.1, 0.15) is 39.3 Å². The van der Waals surface area contributed by atoms with Crippen molar-refractivity contribution in [2.75, 3.05) is 13.1 Å². The molecule has 2 N–H and O–H groups in total. The number of aryl methyl sites for hydroxylation is 1. The lowest BCUT2D eigenvalue weighted by Crippen LogP contribution is -2.29. The van der Waals surface area contributed by atoms with E-state index in [2.05, 4.69) is 21.7 Å². The third-order valence-corrected chi connectivity index (χ3v) is 6.20. The lowest BCUT2D eigenvalue weighted by Gasteiger charge is -2.09. The van der Waals surface area contributed by atoms with Crippen LogP contribution in [0.2, 0.25) is 0 Å². The summed E-state index contributed by atoms with van der Waals surface area (Å²) in [6, 6.07) is 13.9. The molecule has 1 aromatic heterocycles. The fourth-order valence-electron chi connectivity index (χ4n) is 4.44. The Kier molecular flexibility index (Phi) is 5.77. The second-order valence-electron chi connectivity index (χ2n) is 8.52. The first kappa shape index (κ1) is 21.1. The van der Waals surface area contributed by atoms with E-state index in [1.54, 1.807) is 18.2 Å². The molecule has 2 amide bonds. The number of carbonyl (C=O) groups excluding carboxylic acids is 2. The number of fused-ring (bicyclic) bond motifs is 3. The van der Waals surface area contributed by atoms with Gasteiger partial charge in [0.15, 0.2) is 0 Å². The Morgan fingerprint density at radius 3 is 2.88 bits per heavy atom. The van der Waals surface area contributed by atoms with Gasteiger partial charge in [-0.05, 0) is 67.2 Å². The van der Waals surface area contributed by atoms with Crippen LogP contribution in [0.15, 0.2) is 65.7 Å². The molecule has 0 saturated carbocycles. The van der Waals surface area contributed by atoms with Crippen molar-refractivity contribution in [2.45, 2.75) is 25.8 Å². The lowest BCUT2D eigenvalue weighted by molar-refractivity contribution is 0.0949. The van der Waals surface area contributed by atoms with E-state index < -0.39 is 0 Å². The summed E-state index contributed by atoms with van der Waals surface area (Å²) >= 11 is 0. The van der Waals surface area contributed by atoms with E-state index in [1.165, 1.54) is 12.1 Å². The van der Waals surface area contributed by atoms with Gasteiger partial charge in [-0.25, -0.2) is 4.39 Å². The topological polar surface area (TPSA) is 75.5 Å². The van der Waals surface area contributed by atoms with E-state index in [1.807, 2.05) is 28.8 Å². The van der Waals surface area contributed by atoms with E-state index in [0.717, 1.165) is 42.3 Å². The molecule has 6 nitrogen and oxygen atoms in total. The number of halogens is 1. The number of aliphatic imine (C=N–C) groups is 1. The monoisotopic (exact) mass is 444 g/mol. The number of aromatic nitrogens is 1. The van der Waals surface area contributed by atoms with Crippen LogP contribution in [0.3, 0.4) is 0 Å². The summed E-state index contributed by atoms with van der Waals surface area (Å²) in [6.45, 7) is 1.98. The molecule has 0 aliphatic carbocycles. The SMILES string of the molecule is O=C(NC1=NCCC(Cc2ccc(F)cc2)C=C1)c1ccc2cc3n(c2c1)CCCNC3=O. The first-order chi connectivity index (χ1) is 16.1. The van der Waals surface area contributed by atoms with E-state index in [4.69, 9.17) is 0 Å². The van der Waals surface area contributed by atoms with E-state index in [-0.39, 0.29) is 23.5 Å². The van der Waals surface area contributed by atoms with Gasteiger partial charge in [0, 0.05) is 36.1 Å². The standard InChI is InChI=1S/C26H25FN4O2/c27-21-7-2-17(3-8-21)14-18-4-9-24(28-12-10-18)30-25(32)20-6-5-19-15-23-26(33)29-11-1-13-31(23)22(19)16-20/h2-9,15-16,18H,1,10-14H2,(H,29,33)(H,28,30,32). The number of nitrogens with zero attached hydrogens (tertiary/aromatic N) is 2. The van der Waals surface area contributed by atoms with Gasteiger partial charge in [-0.15, -0.1) is 0 Å². The van der Waals surface area contributed by atoms with Crippen molar-refractivity contribution in [1.29, 1.82) is 0 Å². The van der Waals surface area contributed by atoms with Crippen molar-refractivity contribution in [3.63, 3.8) is 0 Å². The number of allylic oxidation sites excluding steroid dienone is 1. The van der Waals surface area contributed by atoms with Gasteiger partial charge in [0.25, 0.3) is 11.8 Å². The van der Waals surface area contributed by atoms with Crippen LogP contribution in [-0.2, 0) is 13.0 Å². The van der Waals surface area contributed by atoms with Gasteiger partial charge in [0.1, 0.15) is 17.3 Å². The zero-order valence-electron chi connectivity index (χ0n) is 18.2. The smallest absolute Gasteiger partial charge is 0.267 e. The number of amides is 2. The van der Waals surface area contributed by atoms with E-state index >= 15 is 0 Å². The average Bonchev–Trinajstić information content (AvgIpc) is 2.91. The highest BCUT2D eigenvalue weighted by atomic mass is 19.1. The number of benzene rings is 2. The van der Waals surface area contributed by atoms with Crippen molar-refractivity contribution in [3.8, 4) is 0 Å². The molecule has 33 heavy (non-hydrogen) atoms. The molecule has 2 aliphatic heterocycles. The Morgan fingerprint density at radius 2 is 2.03 bits per heavy atom. The molecule has 0 saturated heterocycles. The molecule has 0 bridgehead atoms. The summed E-state index contributed by atoms with van der Waals surface area (Å²) in [5, 5.41) is 6.75. The van der Waals surface area contributed by atoms with Gasteiger partial charge < -0.3 is 15.2 Å². The normalized spacial score (nSPS) is 18.2. The van der Waals surface area contributed by atoms with Crippen LogP contribution in [0.25, 0.3) is 10.9 Å². The number of nitrogens with one attached hydrogen (secondary N) is 2. The molecule has 1 unspecified atom stereocenters. The molecule has 0 fully saturated rings. The summed E-state index contributed by atoms with van der Waals surface area (Å²) in [4.78, 5) is 29.8. The van der Waals surface area contributed by atoms with Crippen LogP contribution in [0.4, 0.5) is 4.39 Å². The minimum Gasteiger partial charge on any atom is -0.351 e. The summed E-state index contributed by atoms with van der Waals surface area (Å²) in [7, 11) is 0. The van der Waals surface area contributed by atoms with Gasteiger partial charge in [0.05, 0.1) is 0 Å². The van der Waals surface area contributed by atoms with Gasteiger partial charge in [-0.2, -0.15) is 0 Å². The quantitative estimate of drug-likeness (QED) is 0.644. The maximum atomic E-state index is 13.1. The van der Waals surface area contributed by atoms with Crippen LogP contribution >= 0.6 is 0 Å². The molecular weight excluding hydrogens is 419 g/mol. The predicted molar refractivity (Wildman–Crippen MR) is 126 cm³/mol. The second kappa shape index (κ2) is 9.02. The summed E-state index contributed by atoms with van der Waals surface area (Å²) in [5.41, 5.74) is 3.11. The molecule has 1 atom stereocenters. The summed E-state index contributed by atoms with van der Waals surface area (Å²) < 4.78 is 15.1. The van der Waals surface area contributed by atoms with E-state index in [0.29, 0.717) is 30.2 Å². The Labute approximate surface area is 191 Å². The Balaban J connectivity index is 1.30. The molecule has 2 aliphatic rings. The molecule has 3 aromatic rings. The number of carbonyl (C=O) groups is 2. The van der Waals surface area contributed by atoms with Crippen molar-refractivity contribution in [1.82, 2.24) is 15.2 Å². The van der Waals surface area contributed by atoms with E-state index in [9.17, 15) is 14.0 Å². The highest BCUT2D eigenvalue weighted by molar-refractivity contribution is 6.11. The molecule has 5 rings (SSSR count). The maximum absolute atomic E-state index is 13.1. The fourth-order valence-corrected chi connectivity index (χ4v) is 4.44. The van der Waals surface area contributed by atoms with Crippen molar-refractivity contribution in [2.24, 2.45) is 10.9 Å². The Hall–Kier alpha value is -3.74. The van der Waals surface area contributed by atoms with Crippen molar-refractivity contribution >= 4 is 28.6 Å². The highest BCUT2D eigenvalue weighted by Crippen LogP contribution is 2.23. The third kappa shape index (κ3) is 4.58. The first-order valence-electron chi connectivity index (χ1n) is 11.3. The summed E-state index contributed by atoms with van der Waals surface area (Å²) in [6.07, 6.45) is 6.42. The molecule has 7 heteroatoms. The fraction of sp³-hybridized carbons (Fsp3) is 0.269. The zero-order chi connectivity index (χ0) is 22.8. The first-order valence-corrected chi connectivity index (χ1v) is 11.3. The molecule has 168 valence electrons. The van der Waals surface area contributed by atoms with Crippen LogP contribution in [0, 0.1) is 11.7 Å². The van der Waals surface area contributed by atoms with Crippen LogP contribution in [0.5, 0.6) is 0 Å². The maximum Gasteiger partial charge on any atom is 0.267 e. The number of amidine groups is 1. The molecular formula is C26H25FN4O2. The minimum absolute atomic E-state index is 0.0807.